The molecule has 0 bridgehead atoms. The molecular weight excluding hydrogens is 418 g/mol. The third-order valence-electron chi connectivity index (χ3n) is 4.86. The number of benzene rings is 3. The van der Waals surface area contributed by atoms with Gasteiger partial charge in [-0.1, -0.05) is 18.2 Å². The third kappa shape index (κ3) is 4.82. The van der Waals surface area contributed by atoms with Gasteiger partial charge in [-0.05, 0) is 74.5 Å². The minimum Gasteiger partial charge on any atom is -0.491 e. The predicted molar refractivity (Wildman–Crippen MR) is 127 cm³/mol. The summed E-state index contributed by atoms with van der Waals surface area (Å²) in [4.78, 5) is 12.3. The first kappa shape index (κ1) is 22.0. The molecule has 1 aromatic heterocycles. The monoisotopic (exact) mass is 443 g/mol. The van der Waals surface area contributed by atoms with Crippen LogP contribution in [0.25, 0.3) is 16.9 Å². The molecule has 0 fully saturated rings. The van der Waals surface area contributed by atoms with Gasteiger partial charge in [0.25, 0.3) is 0 Å². The van der Waals surface area contributed by atoms with E-state index >= 15 is 0 Å². The summed E-state index contributed by atoms with van der Waals surface area (Å²) >= 11 is 0. The van der Waals surface area contributed by atoms with Crippen LogP contribution in [-0.4, -0.2) is 29.0 Å². The molecule has 4 aromatic rings. The number of methoxy groups -OCH3 is 1. The lowest BCUT2D eigenvalue weighted by Crippen LogP contribution is -2.06. The Morgan fingerprint density at radius 2 is 1.48 bits per heavy atom. The first-order chi connectivity index (χ1) is 16.0. The second-order valence-electron chi connectivity index (χ2n) is 7.61. The van der Waals surface area contributed by atoms with Crippen molar-refractivity contribution in [2.24, 2.45) is 0 Å². The van der Waals surface area contributed by atoms with Crippen LogP contribution in [0, 0.1) is 0 Å². The van der Waals surface area contributed by atoms with E-state index in [4.69, 9.17) is 19.9 Å². The maximum Gasteiger partial charge on any atom is 0.360 e. The van der Waals surface area contributed by atoms with Crippen LogP contribution in [0.15, 0.2) is 78.9 Å². The van der Waals surface area contributed by atoms with Gasteiger partial charge in [-0.25, -0.2) is 9.48 Å². The van der Waals surface area contributed by atoms with E-state index in [-0.39, 0.29) is 17.5 Å². The molecule has 3 aromatic carbocycles. The SMILES string of the molecule is COC(=O)c1nn(-c2ccc(Oc3ccccc3)cc2)c(-c2ccc(OC(C)C)cc2)c1N. The molecule has 0 saturated carbocycles. The van der Waals surface area contributed by atoms with Crippen LogP contribution in [0.4, 0.5) is 5.69 Å². The van der Waals surface area contributed by atoms with Crippen molar-refractivity contribution >= 4 is 11.7 Å². The molecule has 7 heteroatoms. The summed E-state index contributed by atoms with van der Waals surface area (Å²) in [6, 6.07) is 24.4. The Kier molecular flexibility index (Phi) is 6.31. The number of anilines is 1. The quantitative estimate of drug-likeness (QED) is 0.380. The number of hydrogen-bond acceptors (Lipinski definition) is 6. The maximum atomic E-state index is 12.3. The van der Waals surface area contributed by atoms with E-state index in [2.05, 4.69) is 5.10 Å². The molecule has 0 saturated heterocycles. The topological polar surface area (TPSA) is 88.6 Å². The van der Waals surface area contributed by atoms with Crippen LogP contribution < -0.4 is 15.2 Å². The Hall–Kier alpha value is -4.26. The number of nitrogen functional groups attached to an aromatic ring is 1. The fourth-order valence-electron chi connectivity index (χ4n) is 3.39. The average Bonchev–Trinajstić information content (AvgIpc) is 3.17. The van der Waals surface area contributed by atoms with Crippen molar-refractivity contribution in [3.63, 3.8) is 0 Å². The molecule has 4 rings (SSSR count). The molecular formula is C26H25N3O4. The molecule has 1 heterocycles. The zero-order valence-electron chi connectivity index (χ0n) is 18.7. The summed E-state index contributed by atoms with van der Waals surface area (Å²) in [7, 11) is 1.30. The normalized spacial score (nSPS) is 10.8. The molecule has 0 radical (unpaired) electrons. The first-order valence-corrected chi connectivity index (χ1v) is 10.5. The summed E-state index contributed by atoms with van der Waals surface area (Å²) in [5, 5.41) is 4.46. The second-order valence-corrected chi connectivity index (χ2v) is 7.61. The van der Waals surface area contributed by atoms with Crippen LogP contribution >= 0.6 is 0 Å². The number of nitrogens with two attached hydrogens (primary N) is 1. The number of carbonyl (C=O) groups excluding carboxylic acids is 1. The zero-order valence-corrected chi connectivity index (χ0v) is 18.7. The standard InChI is InChI=1S/C26H25N3O4/c1-17(2)32-21-13-9-18(10-14-21)25-23(27)24(26(30)31-3)28-29(25)19-11-15-22(16-12-19)33-20-7-5-4-6-8-20/h4-17H,27H2,1-3H3. The molecule has 0 aliphatic rings. The highest BCUT2D eigenvalue weighted by Gasteiger charge is 2.23. The maximum absolute atomic E-state index is 12.3. The van der Waals surface area contributed by atoms with Crippen LogP contribution in [0.1, 0.15) is 24.3 Å². The van der Waals surface area contributed by atoms with Gasteiger partial charge in [0.2, 0.25) is 0 Å². The van der Waals surface area contributed by atoms with Gasteiger partial charge >= 0.3 is 5.97 Å². The lowest BCUT2D eigenvalue weighted by Gasteiger charge is -2.12. The van der Waals surface area contributed by atoms with Gasteiger partial charge in [0, 0.05) is 5.56 Å². The van der Waals surface area contributed by atoms with Gasteiger partial charge < -0.3 is 19.9 Å². The van der Waals surface area contributed by atoms with Crippen LogP contribution in [0.5, 0.6) is 17.2 Å². The molecule has 0 amide bonds. The van der Waals surface area contributed by atoms with E-state index in [1.54, 1.807) is 4.68 Å². The van der Waals surface area contributed by atoms with E-state index < -0.39 is 5.97 Å². The van der Waals surface area contributed by atoms with E-state index in [9.17, 15) is 4.79 Å². The van der Waals surface area contributed by atoms with Crippen molar-refractivity contribution in [1.29, 1.82) is 0 Å². The Bertz CT molecular complexity index is 1230. The fourth-order valence-corrected chi connectivity index (χ4v) is 3.39. The van der Waals surface area contributed by atoms with E-state index in [1.807, 2.05) is 92.7 Å². The van der Waals surface area contributed by atoms with Gasteiger partial charge in [-0.2, -0.15) is 5.10 Å². The van der Waals surface area contributed by atoms with E-state index in [1.165, 1.54) is 7.11 Å². The Balaban J connectivity index is 1.72. The Morgan fingerprint density at radius 1 is 0.879 bits per heavy atom. The molecule has 0 aliphatic carbocycles. The highest BCUT2D eigenvalue weighted by Crippen LogP contribution is 2.33. The number of carbonyl (C=O) groups is 1. The van der Waals surface area contributed by atoms with Crippen molar-refractivity contribution in [3.8, 4) is 34.2 Å². The lowest BCUT2D eigenvalue weighted by atomic mass is 10.1. The average molecular weight is 444 g/mol. The van der Waals surface area contributed by atoms with Gasteiger partial charge in [0.15, 0.2) is 5.69 Å². The number of ether oxygens (including phenoxy) is 3. The molecule has 2 N–H and O–H groups in total. The number of aromatic nitrogens is 2. The van der Waals surface area contributed by atoms with Crippen LogP contribution in [0.2, 0.25) is 0 Å². The number of para-hydroxylation sites is 1. The molecule has 0 atom stereocenters. The molecule has 0 unspecified atom stereocenters. The van der Waals surface area contributed by atoms with Crippen molar-refractivity contribution in [1.82, 2.24) is 9.78 Å². The van der Waals surface area contributed by atoms with Crippen molar-refractivity contribution < 1.29 is 19.0 Å². The number of hydrogen-bond donors (Lipinski definition) is 1. The molecule has 0 aliphatic heterocycles. The Labute approximate surface area is 192 Å². The predicted octanol–water partition coefficient (Wildman–Crippen LogP) is 5.49. The Morgan fingerprint density at radius 3 is 2.09 bits per heavy atom. The van der Waals surface area contributed by atoms with Crippen molar-refractivity contribution in [3.05, 3.63) is 84.6 Å². The van der Waals surface area contributed by atoms with Crippen molar-refractivity contribution in [2.45, 2.75) is 20.0 Å². The summed E-state index contributed by atoms with van der Waals surface area (Å²) in [5.41, 5.74) is 8.75. The number of esters is 1. The van der Waals surface area contributed by atoms with Gasteiger partial charge in [0.05, 0.1) is 30.3 Å². The molecule has 0 spiro atoms. The van der Waals surface area contributed by atoms with Crippen LogP contribution in [0.3, 0.4) is 0 Å². The summed E-state index contributed by atoms with van der Waals surface area (Å²) in [6.45, 7) is 3.93. The minimum atomic E-state index is -0.601. The second kappa shape index (κ2) is 9.48. The highest BCUT2D eigenvalue weighted by molar-refractivity contribution is 5.97. The smallest absolute Gasteiger partial charge is 0.360 e. The number of nitrogens with zero attached hydrogens (tertiary/aromatic N) is 2. The third-order valence-corrected chi connectivity index (χ3v) is 4.86. The van der Waals surface area contributed by atoms with Gasteiger partial charge in [0.1, 0.15) is 17.2 Å². The van der Waals surface area contributed by atoms with Crippen molar-refractivity contribution in [2.75, 3.05) is 12.8 Å². The summed E-state index contributed by atoms with van der Waals surface area (Å²) in [5.74, 6) is 1.56. The largest absolute Gasteiger partial charge is 0.491 e. The van der Waals surface area contributed by atoms with Gasteiger partial charge in [-0.3, -0.25) is 0 Å². The molecule has 7 nitrogen and oxygen atoms in total. The van der Waals surface area contributed by atoms with E-state index in [0.717, 1.165) is 22.7 Å². The minimum absolute atomic E-state index is 0.0552. The fraction of sp³-hybridized carbons (Fsp3) is 0.154. The lowest BCUT2D eigenvalue weighted by molar-refractivity contribution is 0.0594. The van der Waals surface area contributed by atoms with E-state index in [0.29, 0.717) is 11.4 Å². The number of rotatable bonds is 7. The van der Waals surface area contributed by atoms with Crippen LogP contribution in [-0.2, 0) is 4.74 Å². The first-order valence-electron chi connectivity index (χ1n) is 10.5. The zero-order chi connectivity index (χ0) is 23.4. The molecule has 168 valence electrons. The summed E-state index contributed by atoms with van der Waals surface area (Å²) in [6.07, 6.45) is 0.0639. The summed E-state index contributed by atoms with van der Waals surface area (Å²) < 4.78 is 18.1. The molecule has 33 heavy (non-hydrogen) atoms. The highest BCUT2D eigenvalue weighted by atomic mass is 16.5. The van der Waals surface area contributed by atoms with Gasteiger partial charge in [-0.15, -0.1) is 0 Å².